The Kier molecular flexibility index (Phi) is 13.9. The number of nitrogens with zero attached hydrogens (tertiary/aromatic N) is 4. The Morgan fingerprint density at radius 2 is 1.65 bits per heavy atom. The van der Waals surface area contributed by atoms with Gasteiger partial charge in [0.2, 0.25) is 5.91 Å². The van der Waals surface area contributed by atoms with Gasteiger partial charge in [0.1, 0.15) is 16.7 Å². The van der Waals surface area contributed by atoms with Crippen LogP contribution in [-0.4, -0.2) is 107 Å². The number of carbonyl (C=O) groups is 2. The quantitative estimate of drug-likeness (QED) is 0.301. The molecule has 0 bridgehead atoms. The maximum Gasteiger partial charge on any atom is 0.258 e. The van der Waals surface area contributed by atoms with Gasteiger partial charge in [-0.3, -0.25) is 19.7 Å². The van der Waals surface area contributed by atoms with Crippen molar-refractivity contribution < 1.29 is 32.5 Å². The van der Waals surface area contributed by atoms with E-state index in [-0.39, 0.29) is 36.2 Å². The topological polar surface area (TPSA) is 106 Å². The van der Waals surface area contributed by atoms with E-state index in [0.717, 1.165) is 42.6 Å². The number of likely N-dealkylation sites (N-methyl/N-ethyl adjacent to an activating group) is 2. The molecule has 0 aromatic heterocycles. The van der Waals surface area contributed by atoms with Gasteiger partial charge >= 0.3 is 0 Å². The SMILES string of the molecule is CC.CN1CCN(CC(=O)N(C)CCN(CC(=O)NO)S(=O)c2cc(F)c(Oc3ccc(Cl)cc3)c(F)c2)CC1. The van der Waals surface area contributed by atoms with Crippen LogP contribution in [0.25, 0.3) is 0 Å². The largest absolute Gasteiger partial charge is 0.451 e. The normalized spacial score (nSPS) is 14.7. The molecule has 2 N–H and O–H groups in total. The van der Waals surface area contributed by atoms with Gasteiger partial charge in [-0.25, -0.2) is 22.8 Å². The lowest BCUT2D eigenvalue weighted by Crippen LogP contribution is -2.49. The summed E-state index contributed by atoms with van der Waals surface area (Å²) < 4.78 is 49.1. The molecule has 1 fully saturated rings. The van der Waals surface area contributed by atoms with Crippen molar-refractivity contribution in [1.29, 1.82) is 0 Å². The molecule has 1 heterocycles. The van der Waals surface area contributed by atoms with Crippen LogP contribution in [0, 0.1) is 11.6 Å². The molecule has 1 aliphatic rings. The Morgan fingerprint density at radius 1 is 1.07 bits per heavy atom. The average molecular weight is 604 g/mol. The van der Waals surface area contributed by atoms with Crippen molar-refractivity contribution in [1.82, 2.24) is 24.5 Å². The molecule has 0 spiro atoms. The zero-order valence-electron chi connectivity index (χ0n) is 23.0. The Balaban J connectivity index is 0.00000274. The van der Waals surface area contributed by atoms with Crippen LogP contribution in [0.5, 0.6) is 11.5 Å². The van der Waals surface area contributed by atoms with Crippen molar-refractivity contribution in [2.45, 2.75) is 18.7 Å². The average Bonchev–Trinajstić information content (AvgIpc) is 2.95. The second-order valence-electron chi connectivity index (χ2n) is 8.81. The first-order valence-electron chi connectivity index (χ1n) is 12.7. The maximum atomic E-state index is 14.8. The van der Waals surface area contributed by atoms with E-state index in [9.17, 15) is 22.6 Å². The minimum absolute atomic E-state index is 0.0721. The van der Waals surface area contributed by atoms with Crippen LogP contribution in [0.3, 0.4) is 0 Å². The minimum Gasteiger partial charge on any atom is -0.451 e. The highest BCUT2D eigenvalue weighted by Gasteiger charge is 2.24. The van der Waals surface area contributed by atoms with Gasteiger partial charge < -0.3 is 14.5 Å². The zero-order chi connectivity index (χ0) is 29.8. The number of ether oxygens (including phenoxy) is 1. The number of hydrogen-bond donors (Lipinski definition) is 2. The van der Waals surface area contributed by atoms with Gasteiger partial charge in [-0.2, -0.15) is 0 Å². The van der Waals surface area contributed by atoms with Gasteiger partial charge in [0, 0.05) is 51.3 Å². The predicted octanol–water partition coefficient (Wildman–Crippen LogP) is 2.97. The molecule has 10 nitrogen and oxygen atoms in total. The molecule has 1 saturated heterocycles. The van der Waals surface area contributed by atoms with Gasteiger partial charge in [0.05, 0.1) is 18.0 Å². The maximum absolute atomic E-state index is 14.8. The van der Waals surface area contributed by atoms with Crippen LogP contribution in [-0.2, 0) is 20.6 Å². The fourth-order valence-corrected chi connectivity index (χ4v) is 4.94. The molecule has 222 valence electrons. The molecule has 1 atom stereocenters. The number of nitrogens with one attached hydrogen (secondary N) is 1. The third kappa shape index (κ3) is 10.1. The van der Waals surface area contributed by atoms with Crippen molar-refractivity contribution in [2.24, 2.45) is 0 Å². The number of hydroxylamine groups is 1. The van der Waals surface area contributed by atoms with Crippen LogP contribution >= 0.6 is 11.6 Å². The molecule has 2 amide bonds. The molecule has 40 heavy (non-hydrogen) atoms. The summed E-state index contributed by atoms with van der Waals surface area (Å²) in [5.74, 6) is -3.79. The van der Waals surface area contributed by atoms with E-state index < -0.39 is 40.8 Å². The zero-order valence-corrected chi connectivity index (χ0v) is 24.6. The van der Waals surface area contributed by atoms with Crippen molar-refractivity contribution in [3.05, 3.63) is 53.1 Å². The van der Waals surface area contributed by atoms with Gasteiger partial charge in [0.25, 0.3) is 5.91 Å². The third-order valence-corrected chi connectivity index (χ3v) is 7.62. The van der Waals surface area contributed by atoms with Crippen LogP contribution < -0.4 is 10.2 Å². The summed E-state index contributed by atoms with van der Waals surface area (Å²) in [4.78, 5) is 29.9. The van der Waals surface area contributed by atoms with E-state index in [1.54, 1.807) is 7.05 Å². The molecule has 14 heteroatoms. The number of rotatable bonds is 11. The van der Waals surface area contributed by atoms with Gasteiger partial charge in [0.15, 0.2) is 17.4 Å². The van der Waals surface area contributed by atoms with Crippen molar-refractivity contribution in [3.8, 4) is 11.5 Å². The summed E-state index contributed by atoms with van der Waals surface area (Å²) in [7, 11) is 1.38. The molecule has 1 aliphatic heterocycles. The van der Waals surface area contributed by atoms with Gasteiger partial charge in [-0.15, -0.1) is 0 Å². The predicted molar refractivity (Wildman–Crippen MR) is 149 cm³/mol. The second-order valence-corrected chi connectivity index (χ2v) is 10.7. The van der Waals surface area contributed by atoms with E-state index in [1.165, 1.54) is 34.6 Å². The molecular formula is C26H36ClF2N5O5S. The molecule has 3 rings (SSSR count). The van der Waals surface area contributed by atoms with Gasteiger partial charge in [-0.1, -0.05) is 25.4 Å². The van der Waals surface area contributed by atoms with E-state index in [1.807, 2.05) is 25.8 Å². The molecular weight excluding hydrogens is 568 g/mol. The molecule has 0 aliphatic carbocycles. The summed E-state index contributed by atoms with van der Waals surface area (Å²) in [5.41, 5.74) is 1.45. The first kappa shape index (κ1) is 33.5. The van der Waals surface area contributed by atoms with Gasteiger partial charge in [-0.05, 0) is 43.4 Å². The molecule has 2 aromatic carbocycles. The first-order valence-corrected chi connectivity index (χ1v) is 14.2. The number of benzene rings is 2. The standard InChI is InChI=1S/C24H30ClF2N5O5S.C2H6/c1-29-7-10-31(11-8-29)16-23(34)30(2)9-12-32(15-22(33)28-35)38(36)19-13-20(26)24(21(27)14-19)37-18-5-3-17(25)4-6-18;1-2/h3-6,13-14,35H,7-12,15-16H2,1-2H3,(H,28,33);1-2H3. The summed E-state index contributed by atoms with van der Waals surface area (Å²) in [6, 6.07) is 7.54. The molecule has 2 aromatic rings. The van der Waals surface area contributed by atoms with E-state index >= 15 is 0 Å². The lowest BCUT2D eigenvalue weighted by atomic mass is 10.3. The molecule has 0 radical (unpaired) electrons. The van der Waals surface area contributed by atoms with Crippen LogP contribution in [0.1, 0.15) is 13.8 Å². The first-order chi connectivity index (χ1) is 19.1. The van der Waals surface area contributed by atoms with Crippen molar-refractivity contribution in [2.75, 3.05) is 66.5 Å². The number of piperazine rings is 1. The van der Waals surface area contributed by atoms with Crippen LogP contribution in [0.15, 0.2) is 41.3 Å². The minimum atomic E-state index is -2.21. The smallest absolute Gasteiger partial charge is 0.258 e. The van der Waals surface area contributed by atoms with E-state index in [2.05, 4.69) is 4.90 Å². The summed E-state index contributed by atoms with van der Waals surface area (Å²) in [6.45, 7) is 6.92. The Labute approximate surface area is 241 Å². The summed E-state index contributed by atoms with van der Waals surface area (Å²) in [5, 5.41) is 9.36. The van der Waals surface area contributed by atoms with Crippen molar-refractivity contribution >= 4 is 34.4 Å². The van der Waals surface area contributed by atoms with Crippen molar-refractivity contribution in [3.63, 3.8) is 0 Å². The number of hydrogen-bond acceptors (Lipinski definition) is 7. The van der Waals surface area contributed by atoms with E-state index in [4.69, 9.17) is 21.5 Å². The Bertz CT molecular complexity index is 1130. The molecule has 0 saturated carbocycles. The number of amides is 2. The molecule has 1 unspecified atom stereocenters. The highest BCUT2D eigenvalue weighted by atomic mass is 35.5. The highest BCUT2D eigenvalue weighted by Crippen LogP contribution is 2.30. The number of halogens is 3. The lowest BCUT2D eigenvalue weighted by molar-refractivity contribution is -0.131. The summed E-state index contributed by atoms with van der Waals surface area (Å²) in [6.07, 6.45) is 0. The lowest BCUT2D eigenvalue weighted by Gasteiger charge is -2.33. The van der Waals surface area contributed by atoms with Crippen LogP contribution in [0.4, 0.5) is 8.78 Å². The van der Waals surface area contributed by atoms with E-state index in [0.29, 0.717) is 5.02 Å². The monoisotopic (exact) mass is 603 g/mol. The fourth-order valence-electron chi connectivity index (χ4n) is 3.62. The van der Waals surface area contributed by atoms with Crippen LogP contribution in [0.2, 0.25) is 5.02 Å². The third-order valence-electron chi connectivity index (χ3n) is 5.95. The Hall–Kier alpha value is -2.68. The fraction of sp³-hybridized carbons (Fsp3) is 0.462. The highest BCUT2D eigenvalue weighted by molar-refractivity contribution is 7.82. The Morgan fingerprint density at radius 3 is 2.20 bits per heavy atom. The summed E-state index contributed by atoms with van der Waals surface area (Å²) >= 11 is 5.81. The second kappa shape index (κ2) is 16.6. The number of carbonyl (C=O) groups excluding carboxylic acids is 2.